The Morgan fingerprint density at radius 1 is 1.45 bits per heavy atom. The lowest BCUT2D eigenvalue weighted by Gasteiger charge is -2.18. The Kier molecular flexibility index (Phi) is 4.43. The van der Waals surface area contributed by atoms with E-state index in [-0.39, 0.29) is 5.91 Å². The highest BCUT2D eigenvalue weighted by molar-refractivity contribution is 5.77. The van der Waals surface area contributed by atoms with Gasteiger partial charge < -0.3 is 14.8 Å². The highest BCUT2D eigenvalue weighted by Gasteiger charge is 2.18. The zero-order chi connectivity index (χ0) is 15.5. The van der Waals surface area contributed by atoms with Crippen LogP contribution in [0.3, 0.4) is 0 Å². The number of aryl methyl sites for hydroxylation is 1. The molecule has 1 aromatic carbocycles. The number of nitrogens with one attached hydrogen (secondary N) is 1. The van der Waals surface area contributed by atoms with Crippen LogP contribution in [0.1, 0.15) is 25.1 Å². The molecule has 2 aromatic rings. The number of amides is 1. The van der Waals surface area contributed by atoms with Crippen LogP contribution in [-0.4, -0.2) is 40.5 Å². The molecule has 0 radical (unpaired) electrons. The Labute approximate surface area is 131 Å². The average Bonchev–Trinajstić information content (AvgIpc) is 3.14. The predicted molar refractivity (Wildman–Crippen MR) is 87.4 cm³/mol. The Morgan fingerprint density at radius 3 is 3.00 bits per heavy atom. The minimum absolute atomic E-state index is 0.207. The number of para-hydroxylation sites is 2. The van der Waals surface area contributed by atoms with Gasteiger partial charge in [0.25, 0.3) is 0 Å². The topological polar surface area (TPSA) is 50.2 Å². The van der Waals surface area contributed by atoms with Gasteiger partial charge in [0.05, 0.1) is 17.6 Å². The van der Waals surface area contributed by atoms with Crippen LogP contribution in [0.2, 0.25) is 0 Å². The normalized spacial score (nSPS) is 18.0. The Hall–Kier alpha value is -1.88. The largest absolute Gasteiger partial charge is 0.338 e. The van der Waals surface area contributed by atoms with Crippen LogP contribution in [0.25, 0.3) is 11.0 Å². The van der Waals surface area contributed by atoms with Gasteiger partial charge in [-0.05, 0) is 44.0 Å². The summed E-state index contributed by atoms with van der Waals surface area (Å²) < 4.78 is 2.07. The van der Waals surface area contributed by atoms with E-state index in [0.29, 0.717) is 18.9 Å². The summed E-state index contributed by atoms with van der Waals surface area (Å²) in [6.07, 6.45) is 2.81. The summed E-state index contributed by atoms with van der Waals surface area (Å²) >= 11 is 0. The molecule has 1 fully saturated rings. The third-order valence-corrected chi connectivity index (χ3v) is 4.61. The average molecular weight is 300 g/mol. The second kappa shape index (κ2) is 6.48. The molecule has 118 valence electrons. The Morgan fingerprint density at radius 2 is 2.27 bits per heavy atom. The minimum Gasteiger partial charge on any atom is -0.338 e. The van der Waals surface area contributed by atoms with Crippen molar-refractivity contribution in [1.29, 1.82) is 0 Å². The van der Waals surface area contributed by atoms with Crippen LogP contribution in [0.5, 0.6) is 0 Å². The fourth-order valence-electron chi connectivity index (χ4n) is 3.12. The van der Waals surface area contributed by atoms with Crippen molar-refractivity contribution in [3.8, 4) is 0 Å². The van der Waals surface area contributed by atoms with Crippen molar-refractivity contribution in [3.05, 3.63) is 30.1 Å². The van der Waals surface area contributed by atoms with Gasteiger partial charge >= 0.3 is 0 Å². The quantitative estimate of drug-likeness (QED) is 0.918. The smallest absolute Gasteiger partial charge is 0.222 e. The van der Waals surface area contributed by atoms with Gasteiger partial charge in [0.1, 0.15) is 5.82 Å². The number of hydrogen-bond donors (Lipinski definition) is 1. The molecule has 22 heavy (non-hydrogen) atoms. The summed E-state index contributed by atoms with van der Waals surface area (Å²) in [4.78, 5) is 18.7. The molecular formula is C17H24N4O. The molecule has 1 unspecified atom stereocenters. The second-order valence-corrected chi connectivity index (χ2v) is 6.22. The van der Waals surface area contributed by atoms with Crippen molar-refractivity contribution >= 4 is 16.9 Å². The van der Waals surface area contributed by atoms with Crippen molar-refractivity contribution in [1.82, 2.24) is 19.8 Å². The van der Waals surface area contributed by atoms with E-state index in [2.05, 4.69) is 20.9 Å². The lowest BCUT2D eigenvalue weighted by Crippen LogP contribution is -2.28. The molecule has 0 bridgehead atoms. The van der Waals surface area contributed by atoms with E-state index in [1.54, 1.807) is 4.90 Å². The van der Waals surface area contributed by atoms with Crippen LogP contribution in [0.15, 0.2) is 24.3 Å². The summed E-state index contributed by atoms with van der Waals surface area (Å²) in [5.41, 5.74) is 2.09. The number of carbonyl (C=O) groups is 1. The molecule has 1 saturated heterocycles. The van der Waals surface area contributed by atoms with E-state index in [1.165, 1.54) is 6.42 Å². The van der Waals surface area contributed by atoms with Gasteiger partial charge in [0.2, 0.25) is 5.91 Å². The van der Waals surface area contributed by atoms with Crippen molar-refractivity contribution < 1.29 is 4.79 Å². The van der Waals surface area contributed by atoms with E-state index in [0.717, 1.165) is 36.4 Å². The molecule has 3 rings (SSSR count). The van der Waals surface area contributed by atoms with E-state index in [4.69, 9.17) is 0 Å². The van der Waals surface area contributed by atoms with Crippen molar-refractivity contribution in [2.24, 2.45) is 13.0 Å². The van der Waals surface area contributed by atoms with Crippen molar-refractivity contribution in [2.75, 3.05) is 20.1 Å². The van der Waals surface area contributed by atoms with Crippen LogP contribution in [0, 0.1) is 5.92 Å². The van der Waals surface area contributed by atoms with Gasteiger partial charge in [0.15, 0.2) is 0 Å². The zero-order valence-corrected chi connectivity index (χ0v) is 13.4. The number of carbonyl (C=O) groups excluding carboxylic acids is 1. The number of hydrogen-bond acceptors (Lipinski definition) is 3. The maximum absolute atomic E-state index is 12.3. The molecule has 1 amide bonds. The molecule has 0 saturated carbocycles. The summed E-state index contributed by atoms with van der Waals surface area (Å²) in [5.74, 6) is 1.80. The lowest BCUT2D eigenvalue weighted by molar-refractivity contribution is -0.130. The molecule has 1 aliphatic heterocycles. The summed E-state index contributed by atoms with van der Waals surface area (Å²) in [7, 11) is 3.88. The first-order valence-electron chi connectivity index (χ1n) is 8.00. The number of fused-ring (bicyclic) bond motifs is 1. The number of aromatic nitrogens is 2. The number of imidazole rings is 1. The fourth-order valence-corrected chi connectivity index (χ4v) is 3.12. The van der Waals surface area contributed by atoms with Crippen molar-refractivity contribution in [3.63, 3.8) is 0 Å². The Balaban J connectivity index is 1.60. The molecule has 1 aliphatic rings. The molecule has 0 spiro atoms. The van der Waals surface area contributed by atoms with E-state index in [1.807, 2.05) is 32.3 Å². The molecule has 5 heteroatoms. The van der Waals surface area contributed by atoms with Gasteiger partial charge in [-0.3, -0.25) is 4.79 Å². The summed E-state index contributed by atoms with van der Waals surface area (Å²) in [5, 5.41) is 3.35. The minimum atomic E-state index is 0.207. The number of nitrogens with zero attached hydrogens (tertiary/aromatic N) is 3. The molecule has 1 N–H and O–H groups in total. The lowest BCUT2D eigenvalue weighted by atomic mass is 10.0. The molecular weight excluding hydrogens is 276 g/mol. The SMILES string of the molecule is CN(Cc1nc2ccccc2n1C)C(=O)CCC1CCNC1. The maximum Gasteiger partial charge on any atom is 0.222 e. The van der Waals surface area contributed by atoms with Gasteiger partial charge in [0, 0.05) is 20.5 Å². The Bertz CT molecular complexity index is 658. The van der Waals surface area contributed by atoms with Crippen LogP contribution in [-0.2, 0) is 18.4 Å². The highest BCUT2D eigenvalue weighted by Crippen LogP contribution is 2.17. The third kappa shape index (κ3) is 3.14. The standard InChI is InChI=1S/C17H24N4O/c1-20(17(22)8-7-13-9-10-18-11-13)12-16-19-14-5-3-4-6-15(14)21(16)2/h3-6,13,18H,7-12H2,1-2H3. The molecule has 0 aliphatic carbocycles. The first kappa shape index (κ1) is 15.0. The van der Waals surface area contributed by atoms with Gasteiger partial charge in [-0.25, -0.2) is 4.98 Å². The zero-order valence-electron chi connectivity index (χ0n) is 13.4. The van der Waals surface area contributed by atoms with Crippen LogP contribution < -0.4 is 5.32 Å². The van der Waals surface area contributed by atoms with Gasteiger partial charge in [-0.15, -0.1) is 0 Å². The van der Waals surface area contributed by atoms with E-state index in [9.17, 15) is 4.79 Å². The molecule has 5 nitrogen and oxygen atoms in total. The van der Waals surface area contributed by atoms with Crippen LogP contribution in [0.4, 0.5) is 0 Å². The maximum atomic E-state index is 12.3. The first-order valence-corrected chi connectivity index (χ1v) is 8.00. The summed E-state index contributed by atoms with van der Waals surface area (Å²) in [6.45, 7) is 2.71. The number of rotatable bonds is 5. The van der Waals surface area contributed by atoms with Gasteiger partial charge in [-0.2, -0.15) is 0 Å². The van der Waals surface area contributed by atoms with E-state index >= 15 is 0 Å². The van der Waals surface area contributed by atoms with E-state index < -0.39 is 0 Å². The van der Waals surface area contributed by atoms with Crippen molar-refractivity contribution in [2.45, 2.75) is 25.8 Å². The van der Waals surface area contributed by atoms with Gasteiger partial charge in [-0.1, -0.05) is 12.1 Å². The fraction of sp³-hybridized carbons (Fsp3) is 0.529. The molecule has 2 heterocycles. The predicted octanol–water partition coefficient (Wildman–Crippen LogP) is 1.92. The first-order chi connectivity index (χ1) is 10.6. The van der Waals surface area contributed by atoms with Crippen LogP contribution >= 0.6 is 0 Å². The summed E-state index contributed by atoms with van der Waals surface area (Å²) in [6, 6.07) is 8.07. The molecule has 1 aromatic heterocycles. The third-order valence-electron chi connectivity index (χ3n) is 4.61. The molecule has 1 atom stereocenters. The highest BCUT2D eigenvalue weighted by atomic mass is 16.2. The monoisotopic (exact) mass is 300 g/mol. The second-order valence-electron chi connectivity index (χ2n) is 6.22. The number of benzene rings is 1.